The molecule has 0 radical (unpaired) electrons. The predicted molar refractivity (Wildman–Crippen MR) is 76.5 cm³/mol. The maximum absolute atomic E-state index is 11.0. The molecule has 0 bridgehead atoms. The standard InChI is InChI=1S/C17H26O/c1-13(2)11-15-8-6-10-17(18,12-15)16-9-5-4-7-14(16)3/h4-5,7,9,13,15,18H,6,8,10-12H2,1-3H3. The Morgan fingerprint density at radius 2 is 2.06 bits per heavy atom. The number of rotatable bonds is 3. The topological polar surface area (TPSA) is 20.2 Å². The van der Waals surface area contributed by atoms with Gasteiger partial charge < -0.3 is 5.11 Å². The van der Waals surface area contributed by atoms with Gasteiger partial charge in [0.2, 0.25) is 0 Å². The van der Waals surface area contributed by atoms with Crippen molar-refractivity contribution in [3.05, 3.63) is 35.4 Å². The number of aryl methyl sites for hydroxylation is 1. The summed E-state index contributed by atoms with van der Waals surface area (Å²) < 4.78 is 0. The molecule has 1 aliphatic carbocycles. The maximum Gasteiger partial charge on any atom is 0.0901 e. The van der Waals surface area contributed by atoms with Crippen molar-refractivity contribution in [2.75, 3.05) is 0 Å². The van der Waals surface area contributed by atoms with Crippen LogP contribution >= 0.6 is 0 Å². The zero-order valence-corrected chi connectivity index (χ0v) is 11.9. The molecule has 0 saturated heterocycles. The third-order valence-corrected chi connectivity index (χ3v) is 4.28. The molecule has 0 aliphatic heterocycles. The van der Waals surface area contributed by atoms with E-state index in [0.29, 0.717) is 5.92 Å². The van der Waals surface area contributed by atoms with Gasteiger partial charge in [0.05, 0.1) is 5.60 Å². The summed E-state index contributed by atoms with van der Waals surface area (Å²) in [5.74, 6) is 1.41. The van der Waals surface area contributed by atoms with E-state index in [9.17, 15) is 5.11 Å². The van der Waals surface area contributed by atoms with Crippen LogP contribution in [0.4, 0.5) is 0 Å². The molecule has 1 N–H and O–H groups in total. The van der Waals surface area contributed by atoms with Crippen molar-refractivity contribution in [3.8, 4) is 0 Å². The Morgan fingerprint density at radius 1 is 1.33 bits per heavy atom. The van der Waals surface area contributed by atoms with E-state index in [4.69, 9.17) is 0 Å². The Balaban J connectivity index is 2.18. The van der Waals surface area contributed by atoms with Crippen molar-refractivity contribution in [1.29, 1.82) is 0 Å². The number of aliphatic hydroxyl groups is 1. The first-order valence-electron chi connectivity index (χ1n) is 7.30. The highest BCUT2D eigenvalue weighted by molar-refractivity contribution is 5.31. The van der Waals surface area contributed by atoms with Gasteiger partial charge in [-0.15, -0.1) is 0 Å². The number of benzene rings is 1. The largest absolute Gasteiger partial charge is 0.385 e. The van der Waals surface area contributed by atoms with Crippen LogP contribution in [0.2, 0.25) is 0 Å². The fraction of sp³-hybridized carbons (Fsp3) is 0.647. The molecular weight excluding hydrogens is 220 g/mol. The Bertz CT molecular complexity index is 396. The summed E-state index contributed by atoms with van der Waals surface area (Å²) in [7, 11) is 0. The van der Waals surface area contributed by atoms with E-state index >= 15 is 0 Å². The lowest BCUT2D eigenvalue weighted by Gasteiger charge is -2.38. The van der Waals surface area contributed by atoms with Crippen molar-refractivity contribution in [2.24, 2.45) is 11.8 Å². The van der Waals surface area contributed by atoms with Gasteiger partial charge >= 0.3 is 0 Å². The molecule has 1 aromatic carbocycles. The summed E-state index contributed by atoms with van der Waals surface area (Å²) in [5, 5.41) is 11.0. The molecular formula is C17H26O. The lowest BCUT2D eigenvalue weighted by molar-refractivity contribution is -0.0249. The number of hydrogen-bond acceptors (Lipinski definition) is 1. The van der Waals surface area contributed by atoms with Gasteiger partial charge in [-0.05, 0) is 55.6 Å². The summed E-state index contributed by atoms with van der Waals surface area (Å²) in [6.07, 6.45) is 5.55. The fourth-order valence-electron chi connectivity index (χ4n) is 3.57. The summed E-state index contributed by atoms with van der Waals surface area (Å²) in [4.78, 5) is 0. The van der Waals surface area contributed by atoms with E-state index in [2.05, 4.69) is 39.0 Å². The molecule has 1 saturated carbocycles. The van der Waals surface area contributed by atoms with Gasteiger partial charge in [0.1, 0.15) is 0 Å². The van der Waals surface area contributed by atoms with Crippen LogP contribution in [-0.4, -0.2) is 5.11 Å². The van der Waals surface area contributed by atoms with Crippen LogP contribution < -0.4 is 0 Å². The molecule has 0 heterocycles. The zero-order chi connectivity index (χ0) is 13.2. The molecule has 1 nitrogen and oxygen atoms in total. The summed E-state index contributed by atoms with van der Waals surface area (Å²) >= 11 is 0. The summed E-state index contributed by atoms with van der Waals surface area (Å²) in [5.41, 5.74) is 1.80. The van der Waals surface area contributed by atoms with Crippen molar-refractivity contribution in [1.82, 2.24) is 0 Å². The van der Waals surface area contributed by atoms with Gasteiger partial charge in [-0.3, -0.25) is 0 Å². The van der Waals surface area contributed by atoms with E-state index in [1.165, 1.54) is 18.4 Å². The van der Waals surface area contributed by atoms with Gasteiger partial charge in [-0.25, -0.2) is 0 Å². The van der Waals surface area contributed by atoms with E-state index < -0.39 is 5.60 Å². The van der Waals surface area contributed by atoms with Crippen molar-refractivity contribution in [3.63, 3.8) is 0 Å². The molecule has 18 heavy (non-hydrogen) atoms. The van der Waals surface area contributed by atoms with Crippen LogP contribution in [-0.2, 0) is 5.60 Å². The normalized spacial score (nSPS) is 28.6. The van der Waals surface area contributed by atoms with Crippen LogP contribution in [0.25, 0.3) is 0 Å². The van der Waals surface area contributed by atoms with Crippen LogP contribution in [0.15, 0.2) is 24.3 Å². The molecule has 1 fully saturated rings. The quantitative estimate of drug-likeness (QED) is 0.837. The molecule has 0 amide bonds. The Kier molecular flexibility index (Phi) is 4.11. The van der Waals surface area contributed by atoms with Crippen LogP contribution in [0.1, 0.15) is 57.1 Å². The molecule has 2 atom stereocenters. The van der Waals surface area contributed by atoms with Crippen LogP contribution in [0, 0.1) is 18.8 Å². The van der Waals surface area contributed by atoms with E-state index in [-0.39, 0.29) is 0 Å². The van der Waals surface area contributed by atoms with Crippen molar-refractivity contribution < 1.29 is 5.11 Å². The average molecular weight is 246 g/mol. The SMILES string of the molecule is Cc1ccccc1C1(O)CCCC(CC(C)C)C1. The molecule has 2 unspecified atom stereocenters. The Morgan fingerprint density at radius 3 is 2.72 bits per heavy atom. The third kappa shape index (κ3) is 2.95. The average Bonchev–Trinajstić information content (AvgIpc) is 2.28. The smallest absolute Gasteiger partial charge is 0.0901 e. The molecule has 0 aromatic heterocycles. The van der Waals surface area contributed by atoms with Gasteiger partial charge in [0, 0.05) is 0 Å². The minimum atomic E-state index is -0.580. The summed E-state index contributed by atoms with van der Waals surface area (Å²) in [6, 6.07) is 8.31. The second-order valence-corrected chi connectivity index (χ2v) is 6.44. The minimum absolute atomic E-state index is 0.580. The lowest BCUT2D eigenvalue weighted by Crippen LogP contribution is -2.33. The first-order valence-corrected chi connectivity index (χ1v) is 7.30. The molecule has 2 rings (SSSR count). The van der Waals surface area contributed by atoms with Gasteiger partial charge in [0.25, 0.3) is 0 Å². The molecule has 100 valence electrons. The molecule has 1 heteroatoms. The maximum atomic E-state index is 11.0. The highest BCUT2D eigenvalue weighted by atomic mass is 16.3. The highest BCUT2D eigenvalue weighted by Crippen LogP contribution is 2.42. The van der Waals surface area contributed by atoms with E-state index in [0.717, 1.165) is 30.7 Å². The first kappa shape index (κ1) is 13.6. The van der Waals surface area contributed by atoms with Gasteiger partial charge in [0.15, 0.2) is 0 Å². The molecule has 1 aromatic rings. The molecule has 1 aliphatic rings. The second kappa shape index (κ2) is 5.44. The van der Waals surface area contributed by atoms with Crippen LogP contribution in [0.5, 0.6) is 0 Å². The van der Waals surface area contributed by atoms with Crippen molar-refractivity contribution >= 4 is 0 Å². The minimum Gasteiger partial charge on any atom is -0.385 e. The second-order valence-electron chi connectivity index (χ2n) is 6.44. The van der Waals surface area contributed by atoms with Gasteiger partial charge in [-0.1, -0.05) is 44.5 Å². The van der Waals surface area contributed by atoms with Crippen molar-refractivity contribution in [2.45, 2.75) is 58.5 Å². The lowest BCUT2D eigenvalue weighted by atomic mass is 9.71. The van der Waals surface area contributed by atoms with Crippen LogP contribution in [0.3, 0.4) is 0 Å². The molecule has 0 spiro atoms. The Hall–Kier alpha value is -0.820. The fourth-order valence-corrected chi connectivity index (χ4v) is 3.57. The zero-order valence-electron chi connectivity index (χ0n) is 11.9. The predicted octanol–water partition coefficient (Wildman–Crippen LogP) is 4.42. The Labute approximate surface area is 111 Å². The van der Waals surface area contributed by atoms with E-state index in [1.54, 1.807) is 0 Å². The first-order chi connectivity index (χ1) is 8.51. The van der Waals surface area contributed by atoms with Gasteiger partial charge in [-0.2, -0.15) is 0 Å². The number of hydrogen-bond donors (Lipinski definition) is 1. The third-order valence-electron chi connectivity index (χ3n) is 4.28. The summed E-state index contributed by atoms with van der Waals surface area (Å²) in [6.45, 7) is 6.67. The highest BCUT2D eigenvalue weighted by Gasteiger charge is 2.36. The van der Waals surface area contributed by atoms with E-state index in [1.807, 2.05) is 6.07 Å². The monoisotopic (exact) mass is 246 g/mol.